The third-order valence-corrected chi connectivity index (χ3v) is 9.18. The number of carbonyl (C=O) groups is 1. The van der Waals surface area contributed by atoms with Gasteiger partial charge in [0.2, 0.25) is 10.0 Å². The van der Waals surface area contributed by atoms with Crippen molar-refractivity contribution in [2.45, 2.75) is 22.6 Å². The summed E-state index contributed by atoms with van der Waals surface area (Å²) in [7, 11) is -7.45. The van der Waals surface area contributed by atoms with Gasteiger partial charge in [-0.2, -0.15) is 4.31 Å². The SMILES string of the molecule is CCOC(=O)c1ccc(S(=O)(=O)NCc2ccc(S(=O)(=O)N3CCOCC3)s2)cc1. The molecule has 1 aliphatic heterocycles. The van der Waals surface area contributed by atoms with Crippen LogP contribution in [-0.2, 0) is 36.1 Å². The van der Waals surface area contributed by atoms with Gasteiger partial charge in [-0.05, 0) is 43.3 Å². The molecule has 1 saturated heterocycles. The van der Waals surface area contributed by atoms with E-state index < -0.39 is 26.0 Å². The van der Waals surface area contributed by atoms with Gasteiger partial charge >= 0.3 is 5.97 Å². The van der Waals surface area contributed by atoms with Crippen LogP contribution >= 0.6 is 11.3 Å². The highest BCUT2D eigenvalue weighted by Gasteiger charge is 2.28. The van der Waals surface area contributed by atoms with E-state index >= 15 is 0 Å². The molecule has 0 bridgehead atoms. The van der Waals surface area contributed by atoms with Gasteiger partial charge in [0.15, 0.2) is 0 Å². The van der Waals surface area contributed by atoms with Gasteiger partial charge in [-0.1, -0.05) is 0 Å². The lowest BCUT2D eigenvalue weighted by atomic mass is 10.2. The summed E-state index contributed by atoms with van der Waals surface area (Å²) in [6.07, 6.45) is 0. The molecule has 2 heterocycles. The van der Waals surface area contributed by atoms with Crippen molar-refractivity contribution >= 4 is 37.4 Å². The molecule has 0 spiro atoms. The molecule has 0 radical (unpaired) electrons. The smallest absolute Gasteiger partial charge is 0.338 e. The second-order valence-electron chi connectivity index (χ2n) is 6.31. The number of esters is 1. The summed E-state index contributed by atoms with van der Waals surface area (Å²) in [6.45, 7) is 3.16. The number of benzene rings is 1. The van der Waals surface area contributed by atoms with E-state index in [2.05, 4.69) is 4.72 Å². The maximum absolute atomic E-state index is 12.7. The Morgan fingerprint density at radius 2 is 1.77 bits per heavy atom. The Hall–Kier alpha value is -1.83. The molecule has 0 atom stereocenters. The number of hydrogen-bond acceptors (Lipinski definition) is 8. The summed E-state index contributed by atoms with van der Waals surface area (Å²) in [6, 6.07) is 8.46. The van der Waals surface area contributed by atoms with Crippen LogP contribution in [0.5, 0.6) is 0 Å². The number of sulfonamides is 2. The number of ether oxygens (including phenoxy) is 2. The van der Waals surface area contributed by atoms with Crippen LogP contribution in [0.3, 0.4) is 0 Å². The van der Waals surface area contributed by atoms with Crippen LogP contribution in [0.4, 0.5) is 0 Å². The molecule has 1 aliphatic rings. The van der Waals surface area contributed by atoms with E-state index in [0.29, 0.717) is 31.2 Å². The van der Waals surface area contributed by atoms with Gasteiger partial charge in [-0.3, -0.25) is 0 Å². The van der Waals surface area contributed by atoms with Gasteiger partial charge in [0.1, 0.15) is 4.21 Å². The summed E-state index contributed by atoms with van der Waals surface area (Å²) < 4.78 is 64.3. The average molecular weight is 475 g/mol. The Balaban J connectivity index is 1.66. The second kappa shape index (κ2) is 9.54. The molecule has 164 valence electrons. The summed E-state index contributed by atoms with van der Waals surface area (Å²) in [4.78, 5) is 12.2. The summed E-state index contributed by atoms with van der Waals surface area (Å²) in [5.41, 5.74) is 0.256. The molecule has 1 N–H and O–H groups in total. The summed E-state index contributed by atoms with van der Waals surface area (Å²) in [5, 5.41) is 0. The summed E-state index contributed by atoms with van der Waals surface area (Å²) >= 11 is 1.02. The van der Waals surface area contributed by atoms with Gasteiger partial charge < -0.3 is 9.47 Å². The van der Waals surface area contributed by atoms with Gasteiger partial charge in [0.25, 0.3) is 10.0 Å². The van der Waals surface area contributed by atoms with Crippen molar-refractivity contribution in [3.63, 3.8) is 0 Å². The quantitative estimate of drug-likeness (QED) is 0.575. The minimum Gasteiger partial charge on any atom is -0.462 e. The van der Waals surface area contributed by atoms with Crippen molar-refractivity contribution in [1.29, 1.82) is 0 Å². The Morgan fingerprint density at radius 1 is 1.10 bits per heavy atom. The predicted octanol–water partition coefficient (Wildman–Crippen LogP) is 1.42. The van der Waals surface area contributed by atoms with Crippen LogP contribution in [-0.4, -0.2) is 60.0 Å². The van der Waals surface area contributed by atoms with E-state index in [9.17, 15) is 21.6 Å². The molecular formula is C18H22N2O7S3. The van der Waals surface area contributed by atoms with Crippen LogP contribution in [0.2, 0.25) is 0 Å². The lowest BCUT2D eigenvalue weighted by Gasteiger charge is -2.25. The predicted molar refractivity (Wildman–Crippen MR) is 110 cm³/mol. The van der Waals surface area contributed by atoms with Crippen LogP contribution < -0.4 is 4.72 Å². The maximum Gasteiger partial charge on any atom is 0.338 e. The highest BCUT2D eigenvalue weighted by atomic mass is 32.2. The molecular weight excluding hydrogens is 452 g/mol. The Labute approximate surface area is 179 Å². The fourth-order valence-electron chi connectivity index (χ4n) is 2.74. The Kier molecular flexibility index (Phi) is 7.26. The van der Waals surface area contributed by atoms with Crippen LogP contribution in [0.25, 0.3) is 0 Å². The fourth-order valence-corrected chi connectivity index (χ4v) is 6.70. The standard InChI is InChI=1S/C18H22N2O7S3/c1-2-27-18(21)14-3-6-16(7-4-14)29(22,23)19-13-15-5-8-17(28-15)30(24,25)20-9-11-26-12-10-20/h3-8,19H,2,9-13H2,1H3. The Bertz CT molecular complexity index is 1090. The average Bonchev–Trinajstić information content (AvgIpc) is 3.23. The first kappa shape index (κ1) is 22.8. The monoisotopic (exact) mass is 474 g/mol. The van der Waals surface area contributed by atoms with Crippen molar-refractivity contribution in [2.24, 2.45) is 0 Å². The zero-order valence-corrected chi connectivity index (χ0v) is 18.7. The molecule has 0 unspecified atom stereocenters. The van der Waals surface area contributed by atoms with Gasteiger partial charge in [0, 0.05) is 24.5 Å². The normalized spacial score (nSPS) is 15.8. The first-order chi connectivity index (χ1) is 14.2. The summed E-state index contributed by atoms with van der Waals surface area (Å²) in [5.74, 6) is -0.526. The second-order valence-corrected chi connectivity index (χ2v) is 11.4. The number of nitrogens with zero attached hydrogens (tertiary/aromatic N) is 1. The van der Waals surface area contributed by atoms with Crippen LogP contribution in [0, 0.1) is 0 Å². The molecule has 1 aromatic heterocycles. The zero-order valence-electron chi connectivity index (χ0n) is 16.2. The number of morpholine rings is 1. The zero-order chi connectivity index (χ0) is 21.8. The molecule has 1 aromatic carbocycles. The molecule has 0 amide bonds. The molecule has 9 nitrogen and oxygen atoms in total. The molecule has 0 saturated carbocycles. The fraction of sp³-hybridized carbons (Fsp3) is 0.389. The minimum atomic E-state index is -3.83. The highest BCUT2D eigenvalue weighted by Crippen LogP contribution is 2.26. The van der Waals surface area contributed by atoms with E-state index in [4.69, 9.17) is 9.47 Å². The van der Waals surface area contributed by atoms with E-state index in [1.807, 2.05) is 0 Å². The molecule has 0 aliphatic carbocycles. The largest absolute Gasteiger partial charge is 0.462 e. The Morgan fingerprint density at radius 3 is 2.40 bits per heavy atom. The first-order valence-corrected chi connectivity index (χ1v) is 12.9. The van der Waals surface area contributed by atoms with Gasteiger partial charge in [-0.15, -0.1) is 11.3 Å². The molecule has 30 heavy (non-hydrogen) atoms. The van der Waals surface area contributed by atoms with Crippen molar-refractivity contribution in [2.75, 3.05) is 32.9 Å². The van der Waals surface area contributed by atoms with E-state index in [-0.39, 0.29) is 27.8 Å². The van der Waals surface area contributed by atoms with Crippen molar-refractivity contribution in [3.8, 4) is 0 Å². The van der Waals surface area contributed by atoms with E-state index in [1.165, 1.54) is 34.6 Å². The van der Waals surface area contributed by atoms with E-state index in [1.54, 1.807) is 13.0 Å². The molecule has 3 rings (SSSR count). The number of nitrogens with one attached hydrogen (secondary N) is 1. The van der Waals surface area contributed by atoms with Gasteiger partial charge in [0.05, 0.1) is 30.3 Å². The maximum atomic E-state index is 12.7. The van der Waals surface area contributed by atoms with Crippen molar-refractivity contribution < 1.29 is 31.1 Å². The van der Waals surface area contributed by atoms with Gasteiger partial charge in [-0.25, -0.2) is 26.4 Å². The number of carbonyl (C=O) groups excluding carboxylic acids is 1. The number of hydrogen-bond donors (Lipinski definition) is 1. The molecule has 12 heteroatoms. The molecule has 2 aromatic rings. The number of rotatable bonds is 8. The lowest BCUT2D eigenvalue weighted by Crippen LogP contribution is -2.40. The minimum absolute atomic E-state index is 0.00623. The highest BCUT2D eigenvalue weighted by molar-refractivity contribution is 7.91. The third kappa shape index (κ3) is 5.25. The topological polar surface area (TPSA) is 119 Å². The third-order valence-electron chi connectivity index (χ3n) is 4.31. The first-order valence-electron chi connectivity index (χ1n) is 9.17. The lowest BCUT2D eigenvalue weighted by molar-refractivity contribution is 0.0526. The van der Waals surface area contributed by atoms with Crippen molar-refractivity contribution in [1.82, 2.24) is 9.03 Å². The number of thiophene rings is 1. The van der Waals surface area contributed by atoms with E-state index in [0.717, 1.165) is 11.3 Å². The van der Waals surface area contributed by atoms with Crippen LogP contribution in [0.15, 0.2) is 45.5 Å². The van der Waals surface area contributed by atoms with Crippen LogP contribution in [0.1, 0.15) is 22.2 Å². The van der Waals surface area contributed by atoms with Crippen molar-refractivity contribution in [3.05, 3.63) is 46.8 Å². The molecule has 1 fully saturated rings.